The van der Waals surface area contributed by atoms with Crippen molar-refractivity contribution in [1.29, 1.82) is 0 Å². The molecule has 0 fully saturated rings. The Morgan fingerprint density at radius 1 is 1.21 bits per heavy atom. The Labute approximate surface area is 82.4 Å². The molecule has 0 aliphatic rings. The highest BCUT2D eigenvalue weighted by Gasteiger charge is 2.02. The molecule has 0 saturated carbocycles. The van der Waals surface area contributed by atoms with Crippen molar-refractivity contribution in [2.75, 3.05) is 14.2 Å². The molecule has 0 amide bonds. The summed E-state index contributed by atoms with van der Waals surface area (Å²) in [6.07, 6.45) is 0.748. The van der Waals surface area contributed by atoms with Gasteiger partial charge < -0.3 is 14.3 Å². The van der Waals surface area contributed by atoms with Crippen molar-refractivity contribution < 1.29 is 19.1 Å². The van der Waals surface area contributed by atoms with E-state index in [4.69, 9.17) is 14.3 Å². The summed E-state index contributed by atoms with van der Waals surface area (Å²) in [7, 11) is 3.08. The molecule has 0 spiro atoms. The standard InChI is InChI=1S/C9H10O3.CH2O/c1-11-8-4-3-7(6-10)9(5-8)12-2;1-2/h3-6H,1-2H3;1H2. The quantitative estimate of drug-likeness (QED) is 0.684. The summed E-state index contributed by atoms with van der Waals surface area (Å²) in [5.41, 5.74) is 0.526. The summed E-state index contributed by atoms with van der Waals surface area (Å²) in [6, 6.07) is 5.04. The number of hydrogen-bond acceptors (Lipinski definition) is 4. The summed E-state index contributed by atoms with van der Waals surface area (Å²) >= 11 is 0. The molecule has 4 nitrogen and oxygen atoms in total. The van der Waals surface area contributed by atoms with Crippen molar-refractivity contribution in [2.45, 2.75) is 0 Å². The molecule has 14 heavy (non-hydrogen) atoms. The molecule has 0 N–H and O–H groups in total. The van der Waals surface area contributed by atoms with E-state index in [1.165, 1.54) is 7.11 Å². The van der Waals surface area contributed by atoms with Gasteiger partial charge in [0.2, 0.25) is 0 Å². The number of carbonyl (C=O) groups excluding carboxylic acids is 2. The molecule has 0 radical (unpaired) electrons. The number of carbonyl (C=O) groups is 2. The van der Waals surface area contributed by atoms with Crippen LogP contribution in [-0.4, -0.2) is 27.3 Å². The highest BCUT2D eigenvalue weighted by atomic mass is 16.5. The number of aldehydes is 1. The fourth-order valence-electron chi connectivity index (χ4n) is 0.916. The number of rotatable bonds is 3. The molecule has 0 aromatic heterocycles. The molecule has 0 heterocycles. The van der Waals surface area contributed by atoms with Gasteiger partial charge in [0.15, 0.2) is 6.29 Å². The van der Waals surface area contributed by atoms with Crippen LogP contribution in [0.15, 0.2) is 18.2 Å². The SMILES string of the molecule is C=O.COc1ccc(C=O)c(OC)c1. The third kappa shape index (κ3) is 2.90. The molecule has 4 heteroatoms. The molecule has 1 aromatic carbocycles. The van der Waals surface area contributed by atoms with Gasteiger partial charge in [-0.05, 0) is 12.1 Å². The van der Waals surface area contributed by atoms with Crippen LogP contribution in [-0.2, 0) is 4.79 Å². The Kier molecular flexibility index (Phi) is 5.78. The minimum Gasteiger partial charge on any atom is -0.497 e. The Hall–Kier alpha value is -1.84. The summed E-state index contributed by atoms with van der Waals surface area (Å²) in [6.45, 7) is 2.00. The van der Waals surface area contributed by atoms with Gasteiger partial charge in [-0.1, -0.05) is 0 Å². The number of ether oxygens (including phenoxy) is 2. The Morgan fingerprint density at radius 3 is 2.29 bits per heavy atom. The minimum atomic E-state index is 0.526. The van der Waals surface area contributed by atoms with Crippen molar-refractivity contribution in [1.82, 2.24) is 0 Å². The highest BCUT2D eigenvalue weighted by molar-refractivity contribution is 5.79. The second-order valence-corrected chi connectivity index (χ2v) is 2.23. The lowest BCUT2D eigenvalue weighted by Gasteiger charge is -2.05. The third-order valence-electron chi connectivity index (χ3n) is 1.57. The maximum absolute atomic E-state index is 10.5. The van der Waals surface area contributed by atoms with Crippen LogP contribution in [0.3, 0.4) is 0 Å². The van der Waals surface area contributed by atoms with Gasteiger partial charge in [-0.3, -0.25) is 4.79 Å². The average Bonchev–Trinajstić information content (AvgIpc) is 2.30. The van der Waals surface area contributed by atoms with E-state index in [9.17, 15) is 4.79 Å². The zero-order valence-electron chi connectivity index (χ0n) is 8.15. The first-order valence-electron chi connectivity index (χ1n) is 3.78. The largest absolute Gasteiger partial charge is 0.497 e. The molecule has 1 rings (SSSR count). The number of methoxy groups -OCH3 is 2. The lowest BCUT2D eigenvalue weighted by atomic mass is 10.2. The van der Waals surface area contributed by atoms with Gasteiger partial charge in [0.25, 0.3) is 0 Å². The molecule has 0 aliphatic heterocycles. The van der Waals surface area contributed by atoms with Gasteiger partial charge in [0.1, 0.15) is 18.3 Å². The zero-order chi connectivity index (χ0) is 11.0. The van der Waals surface area contributed by atoms with E-state index < -0.39 is 0 Å². The molecule has 0 atom stereocenters. The second kappa shape index (κ2) is 6.65. The van der Waals surface area contributed by atoms with Gasteiger partial charge >= 0.3 is 0 Å². The first kappa shape index (κ1) is 12.2. The molecular weight excluding hydrogens is 184 g/mol. The zero-order valence-corrected chi connectivity index (χ0v) is 8.15. The molecular formula is C10H12O4. The summed E-state index contributed by atoms with van der Waals surface area (Å²) < 4.78 is 9.93. The lowest BCUT2D eigenvalue weighted by molar-refractivity contribution is -0.0979. The normalized spacial score (nSPS) is 8.14. The smallest absolute Gasteiger partial charge is 0.153 e. The van der Waals surface area contributed by atoms with Gasteiger partial charge in [0.05, 0.1) is 19.8 Å². The van der Waals surface area contributed by atoms with Crippen LogP contribution in [0.1, 0.15) is 10.4 Å². The molecule has 1 aromatic rings. The van der Waals surface area contributed by atoms with E-state index in [0.29, 0.717) is 17.1 Å². The molecule has 76 valence electrons. The summed E-state index contributed by atoms with van der Waals surface area (Å²) in [5, 5.41) is 0. The fraction of sp³-hybridized carbons (Fsp3) is 0.200. The molecule has 0 bridgehead atoms. The lowest BCUT2D eigenvalue weighted by Crippen LogP contribution is -1.91. The molecule has 0 unspecified atom stereocenters. The Morgan fingerprint density at radius 2 is 1.86 bits per heavy atom. The fourth-order valence-corrected chi connectivity index (χ4v) is 0.916. The topological polar surface area (TPSA) is 52.6 Å². The first-order valence-corrected chi connectivity index (χ1v) is 3.78. The minimum absolute atomic E-state index is 0.526. The van der Waals surface area contributed by atoms with Gasteiger partial charge in [-0.2, -0.15) is 0 Å². The number of hydrogen-bond donors (Lipinski definition) is 0. The van der Waals surface area contributed by atoms with Crippen LogP contribution >= 0.6 is 0 Å². The average molecular weight is 196 g/mol. The van der Waals surface area contributed by atoms with Crippen molar-refractivity contribution >= 4 is 13.1 Å². The van der Waals surface area contributed by atoms with Crippen molar-refractivity contribution in [3.63, 3.8) is 0 Å². The van der Waals surface area contributed by atoms with Gasteiger partial charge in [-0.15, -0.1) is 0 Å². The van der Waals surface area contributed by atoms with Crippen molar-refractivity contribution in [2.24, 2.45) is 0 Å². The second-order valence-electron chi connectivity index (χ2n) is 2.23. The first-order chi connectivity index (χ1) is 6.81. The van der Waals surface area contributed by atoms with E-state index in [-0.39, 0.29) is 0 Å². The van der Waals surface area contributed by atoms with E-state index in [2.05, 4.69) is 0 Å². The van der Waals surface area contributed by atoms with Gasteiger partial charge in [-0.25, -0.2) is 0 Å². The maximum atomic E-state index is 10.5. The molecule has 0 aliphatic carbocycles. The monoisotopic (exact) mass is 196 g/mol. The number of benzene rings is 1. The molecule has 0 saturated heterocycles. The van der Waals surface area contributed by atoms with E-state index in [0.717, 1.165) is 6.29 Å². The Bertz CT molecular complexity index is 296. The predicted molar refractivity (Wildman–Crippen MR) is 52.1 cm³/mol. The van der Waals surface area contributed by atoms with Crippen LogP contribution in [0.4, 0.5) is 0 Å². The van der Waals surface area contributed by atoms with Crippen LogP contribution in [0.25, 0.3) is 0 Å². The Balaban J connectivity index is 0.000000791. The van der Waals surface area contributed by atoms with Gasteiger partial charge in [0, 0.05) is 6.07 Å². The summed E-state index contributed by atoms with van der Waals surface area (Å²) in [5.74, 6) is 1.21. The van der Waals surface area contributed by atoms with E-state index in [1.807, 2.05) is 6.79 Å². The van der Waals surface area contributed by atoms with Crippen molar-refractivity contribution in [3.8, 4) is 11.5 Å². The van der Waals surface area contributed by atoms with Crippen LogP contribution in [0.5, 0.6) is 11.5 Å². The highest BCUT2D eigenvalue weighted by Crippen LogP contribution is 2.22. The van der Waals surface area contributed by atoms with E-state index >= 15 is 0 Å². The third-order valence-corrected chi connectivity index (χ3v) is 1.57. The van der Waals surface area contributed by atoms with Crippen molar-refractivity contribution in [3.05, 3.63) is 23.8 Å². The van der Waals surface area contributed by atoms with Crippen LogP contribution < -0.4 is 9.47 Å². The predicted octanol–water partition coefficient (Wildman–Crippen LogP) is 1.33. The van der Waals surface area contributed by atoms with Crippen LogP contribution in [0.2, 0.25) is 0 Å². The van der Waals surface area contributed by atoms with E-state index in [1.54, 1.807) is 25.3 Å². The summed E-state index contributed by atoms with van der Waals surface area (Å²) in [4.78, 5) is 18.5. The maximum Gasteiger partial charge on any atom is 0.153 e. The van der Waals surface area contributed by atoms with Crippen LogP contribution in [0, 0.1) is 0 Å².